The largest absolute Gasteiger partial charge is 0.328 e. The fraction of sp³-hybridized carbons (Fsp3) is 0.400. The van der Waals surface area contributed by atoms with Crippen LogP contribution in [0.1, 0.15) is 32.0 Å². The number of nitrogens with one attached hydrogen (secondary N) is 1. The van der Waals surface area contributed by atoms with Crippen LogP contribution in [0, 0.1) is 6.92 Å². The molecule has 2 aromatic rings. The minimum Gasteiger partial charge on any atom is -0.328 e. The molecule has 112 valence electrons. The molecule has 0 aliphatic carbocycles. The summed E-state index contributed by atoms with van der Waals surface area (Å²) in [7, 11) is 0. The van der Waals surface area contributed by atoms with Crippen molar-refractivity contribution in [3.8, 4) is 5.82 Å². The third-order valence-electron chi connectivity index (χ3n) is 3.17. The van der Waals surface area contributed by atoms with Crippen LogP contribution in [-0.2, 0) is 4.79 Å². The monoisotopic (exact) mass is 287 g/mol. The molecule has 0 fully saturated rings. The average Bonchev–Trinajstić information content (AvgIpc) is 2.85. The van der Waals surface area contributed by atoms with Crippen LogP contribution in [0.15, 0.2) is 30.7 Å². The molecular formula is C15H21N5O. The Morgan fingerprint density at radius 2 is 2.24 bits per heavy atom. The van der Waals surface area contributed by atoms with Gasteiger partial charge in [-0.1, -0.05) is 0 Å². The van der Waals surface area contributed by atoms with Crippen molar-refractivity contribution in [3.05, 3.63) is 36.5 Å². The summed E-state index contributed by atoms with van der Waals surface area (Å²) in [6, 6.07) is 3.83. The summed E-state index contributed by atoms with van der Waals surface area (Å²) < 4.78 is 1.88. The smallest absolute Gasteiger partial charge is 0.224 e. The zero-order chi connectivity index (χ0) is 15.2. The van der Waals surface area contributed by atoms with E-state index in [1.165, 1.54) is 0 Å². The van der Waals surface area contributed by atoms with Gasteiger partial charge in [0.1, 0.15) is 11.6 Å². The van der Waals surface area contributed by atoms with Crippen LogP contribution in [0.25, 0.3) is 5.82 Å². The van der Waals surface area contributed by atoms with Crippen molar-refractivity contribution in [1.82, 2.24) is 14.5 Å². The Kier molecular flexibility index (Phi) is 5.05. The van der Waals surface area contributed by atoms with Gasteiger partial charge in [-0.25, -0.2) is 9.97 Å². The Hall–Kier alpha value is -2.21. The molecule has 2 aromatic heterocycles. The molecule has 0 spiro atoms. The van der Waals surface area contributed by atoms with E-state index in [0.717, 1.165) is 24.5 Å². The standard InChI is InChI=1S/C15H21N5O/c1-11(16)4-3-5-15(21)19-13-6-7-14(18-10-13)20-9-8-17-12(20)2/h6-11H,3-5,16H2,1-2H3,(H,19,21). The van der Waals surface area contributed by atoms with Crippen LogP contribution in [0.4, 0.5) is 5.69 Å². The van der Waals surface area contributed by atoms with Crippen LogP contribution < -0.4 is 11.1 Å². The van der Waals surface area contributed by atoms with Crippen LogP contribution >= 0.6 is 0 Å². The lowest BCUT2D eigenvalue weighted by Crippen LogP contribution is -2.17. The molecule has 1 atom stereocenters. The van der Waals surface area contributed by atoms with E-state index in [9.17, 15) is 4.79 Å². The molecule has 0 aliphatic heterocycles. The van der Waals surface area contributed by atoms with Gasteiger partial charge in [0, 0.05) is 24.9 Å². The predicted molar refractivity (Wildman–Crippen MR) is 82.2 cm³/mol. The van der Waals surface area contributed by atoms with E-state index in [4.69, 9.17) is 5.73 Å². The van der Waals surface area contributed by atoms with E-state index in [1.54, 1.807) is 12.4 Å². The summed E-state index contributed by atoms with van der Waals surface area (Å²) in [4.78, 5) is 20.3. The number of rotatable bonds is 6. The number of carbonyl (C=O) groups is 1. The number of hydrogen-bond acceptors (Lipinski definition) is 4. The lowest BCUT2D eigenvalue weighted by Gasteiger charge is -2.08. The topological polar surface area (TPSA) is 85.8 Å². The zero-order valence-electron chi connectivity index (χ0n) is 12.4. The molecule has 1 unspecified atom stereocenters. The molecule has 3 N–H and O–H groups in total. The highest BCUT2D eigenvalue weighted by Gasteiger charge is 2.05. The SMILES string of the molecule is Cc1nccn1-c1ccc(NC(=O)CCCC(C)N)cn1. The Morgan fingerprint density at radius 3 is 2.81 bits per heavy atom. The molecule has 6 heteroatoms. The fourth-order valence-electron chi connectivity index (χ4n) is 2.03. The molecule has 2 heterocycles. The number of aromatic nitrogens is 3. The Morgan fingerprint density at radius 1 is 1.43 bits per heavy atom. The van der Waals surface area contributed by atoms with Gasteiger partial charge in [-0.15, -0.1) is 0 Å². The van der Waals surface area contributed by atoms with Gasteiger partial charge in [0.15, 0.2) is 0 Å². The first-order valence-corrected chi connectivity index (χ1v) is 7.08. The molecule has 6 nitrogen and oxygen atoms in total. The summed E-state index contributed by atoms with van der Waals surface area (Å²) >= 11 is 0. The molecule has 0 aliphatic rings. The van der Waals surface area contributed by atoms with Crippen LogP contribution in [0.2, 0.25) is 0 Å². The molecule has 0 saturated carbocycles. The lowest BCUT2D eigenvalue weighted by molar-refractivity contribution is -0.116. The Balaban J connectivity index is 1.91. The van der Waals surface area contributed by atoms with Crippen LogP contribution in [0.3, 0.4) is 0 Å². The number of pyridine rings is 1. The summed E-state index contributed by atoms with van der Waals surface area (Å²) in [5.41, 5.74) is 6.35. The molecule has 0 aromatic carbocycles. The van der Waals surface area contributed by atoms with Gasteiger partial charge in [-0.3, -0.25) is 9.36 Å². The highest BCUT2D eigenvalue weighted by Crippen LogP contribution is 2.12. The van der Waals surface area contributed by atoms with Crippen LogP contribution in [0.5, 0.6) is 0 Å². The van der Waals surface area contributed by atoms with Gasteiger partial charge in [0.25, 0.3) is 0 Å². The first kappa shape index (κ1) is 15.2. The number of imidazole rings is 1. The number of nitrogens with two attached hydrogens (primary N) is 1. The fourth-order valence-corrected chi connectivity index (χ4v) is 2.03. The van der Waals surface area contributed by atoms with E-state index in [1.807, 2.05) is 36.7 Å². The van der Waals surface area contributed by atoms with Gasteiger partial charge in [0.05, 0.1) is 11.9 Å². The van der Waals surface area contributed by atoms with Crippen molar-refractivity contribution in [2.75, 3.05) is 5.32 Å². The Labute approximate surface area is 124 Å². The summed E-state index contributed by atoms with van der Waals surface area (Å²) in [6.07, 6.45) is 7.35. The third kappa shape index (κ3) is 4.39. The minimum atomic E-state index is -0.0102. The molecule has 2 rings (SSSR count). The second-order valence-corrected chi connectivity index (χ2v) is 5.17. The number of nitrogens with zero attached hydrogens (tertiary/aromatic N) is 3. The normalized spacial score (nSPS) is 12.1. The number of aryl methyl sites for hydroxylation is 1. The first-order valence-electron chi connectivity index (χ1n) is 7.08. The molecule has 0 saturated heterocycles. The van der Waals surface area contributed by atoms with Crippen molar-refractivity contribution in [3.63, 3.8) is 0 Å². The van der Waals surface area contributed by atoms with Crippen molar-refractivity contribution in [1.29, 1.82) is 0 Å². The summed E-state index contributed by atoms with van der Waals surface area (Å²) in [5.74, 6) is 1.64. The van der Waals surface area contributed by atoms with Gasteiger partial charge in [0.2, 0.25) is 5.91 Å². The minimum absolute atomic E-state index is 0.0102. The van der Waals surface area contributed by atoms with Gasteiger partial charge in [-0.05, 0) is 38.8 Å². The number of amides is 1. The van der Waals surface area contributed by atoms with Crippen molar-refractivity contribution < 1.29 is 4.79 Å². The van der Waals surface area contributed by atoms with E-state index < -0.39 is 0 Å². The maximum Gasteiger partial charge on any atom is 0.224 e. The maximum atomic E-state index is 11.8. The number of anilines is 1. The van der Waals surface area contributed by atoms with Crippen molar-refractivity contribution >= 4 is 11.6 Å². The predicted octanol–water partition coefficient (Wildman–Crippen LogP) is 2.03. The first-order chi connectivity index (χ1) is 10.1. The molecular weight excluding hydrogens is 266 g/mol. The highest BCUT2D eigenvalue weighted by atomic mass is 16.1. The maximum absolute atomic E-state index is 11.8. The molecule has 0 radical (unpaired) electrons. The number of hydrogen-bond donors (Lipinski definition) is 2. The molecule has 0 bridgehead atoms. The van der Waals surface area contributed by atoms with Gasteiger partial charge < -0.3 is 11.1 Å². The van der Waals surface area contributed by atoms with E-state index in [2.05, 4.69) is 15.3 Å². The number of carbonyl (C=O) groups excluding carboxylic acids is 1. The summed E-state index contributed by atoms with van der Waals surface area (Å²) in [5, 5.41) is 2.84. The average molecular weight is 287 g/mol. The highest BCUT2D eigenvalue weighted by molar-refractivity contribution is 5.90. The second kappa shape index (κ2) is 6.99. The van der Waals surface area contributed by atoms with E-state index >= 15 is 0 Å². The molecule has 21 heavy (non-hydrogen) atoms. The second-order valence-electron chi connectivity index (χ2n) is 5.17. The summed E-state index contributed by atoms with van der Waals surface area (Å²) in [6.45, 7) is 3.86. The van der Waals surface area contributed by atoms with Crippen molar-refractivity contribution in [2.24, 2.45) is 5.73 Å². The van der Waals surface area contributed by atoms with Gasteiger partial charge >= 0.3 is 0 Å². The molecule has 1 amide bonds. The lowest BCUT2D eigenvalue weighted by atomic mass is 10.1. The zero-order valence-corrected chi connectivity index (χ0v) is 12.4. The van der Waals surface area contributed by atoms with Crippen molar-refractivity contribution in [2.45, 2.75) is 39.2 Å². The van der Waals surface area contributed by atoms with E-state index in [0.29, 0.717) is 12.1 Å². The van der Waals surface area contributed by atoms with Crippen LogP contribution in [-0.4, -0.2) is 26.5 Å². The third-order valence-corrected chi connectivity index (χ3v) is 3.17. The Bertz CT molecular complexity index is 588. The van der Waals surface area contributed by atoms with Gasteiger partial charge in [-0.2, -0.15) is 0 Å². The quantitative estimate of drug-likeness (QED) is 0.851. The van der Waals surface area contributed by atoms with E-state index in [-0.39, 0.29) is 11.9 Å².